The Morgan fingerprint density at radius 2 is 1.67 bits per heavy atom. The molecule has 0 heterocycles. The number of aliphatic hydroxyl groups is 4. The molecule has 8 heteroatoms. The van der Waals surface area contributed by atoms with Gasteiger partial charge in [0.2, 0.25) is 11.8 Å². The van der Waals surface area contributed by atoms with Crippen LogP contribution in [0.25, 0.3) is 0 Å². The van der Waals surface area contributed by atoms with E-state index in [1.54, 1.807) is 6.92 Å². The molecular formula is C13H26N2O6. The summed E-state index contributed by atoms with van der Waals surface area (Å²) >= 11 is 0. The molecule has 2 amide bonds. The van der Waals surface area contributed by atoms with Crippen LogP contribution in [-0.2, 0) is 9.59 Å². The monoisotopic (exact) mass is 306 g/mol. The number of aliphatic hydroxyl groups excluding tert-OH is 4. The minimum atomic E-state index is -1.58. The summed E-state index contributed by atoms with van der Waals surface area (Å²) < 4.78 is 0. The smallest absolute Gasteiger partial charge is 0.223 e. The van der Waals surface area contributed by atoms with Crippen molar-refractivity contribution in [2.24, 2.45) is 5.92 Å². The van der Waals surface area contributed by atoms with Gasteiger partial charge in [0.1, 0.15) is 12.2 Å². The topological polar surface area (TPSA) is 139 Å². The van der Waals surface area contributed by atoms with Crippen molar-refractivity contribution in [3.63, 3.8) is 0 Å². The van der Waals surface area contributed by atoms with Gasteiger partial charge in [-0.15, -0.1) is 0 Å². The summed E-state index contributed by atoms with van der Waals surface area (Å²) in [5.74, 6) is -1.14. The van der Waals surface area contributed by atoms with Crippen LogP contribution in [0.4, 0.5) is 0 Å². The number of rotatable bonds is 9. The van der Waals surface area contributed by atoms with Crippen molar-refractivity contribution in [1.82, 2.24) is 10.6 Å². The summed E-state index contributed by atoms with van der Waals surface area (Å²) in [6, 6.07) is 0. The highest BCUT2D eigenvalue weighted by Gasteiger charge is 2.28. The van der Waals surface area contributed by atoms with Crippen LogP contribution in [0.5, 0.6) is 0 Å². The van der Waals surface area contributed by atoms with Crippen molar-refractivity contribution in [2.75, 3.05) is 13.6 Å². The molecule has 21 heavy (non-hydrogen) atoms. The zero-order chi connectivity index (χ0) is 16.6. The number of nitrogens with one attached hydrogen (secondary N) is 2. The molecule has 0 fully saturated rings. The molecule has 0 aromatic carbocycles. The third kappa shape index (κ3) is 6.85. The van der Waals surface area contributed by atoms with E-state index >= 15 is 0 Å². The first kappa shape index (κ1) is 19.8. The van der Waals surface area contributed by atoms with Crippen LogP contribution < -0.4 is 10.6 Å². The van der Waals surface area contributed by atoms with Crippen LogP contribution in [0.15, 0.2) is 0 Å². The Kier molecular flexibility index (Phi) is 9.11. The Morgan fingerprint density at radius 3 is 2.10 bits per heavy atom. The fourth-order valence-electron chi connectivity index (χ4n) is 1.77. The Hall–Kier alpha value is -1.22. The first-order chi connectivity index (χ1) is 9.74. The molecule has 0 aromatic heterocycles. The van der Waals surface area contributed by atoms with Crippen molar-refractivity contribution in [1.29, 1.82) is 0 Å². The lowest BCUT2D eigenvalue weighted by molar-refractivity contribution is -0.131. The largest absolute Gasteiger partial charge is 0.391 e. The maximum atomic E-state index is 11.7. The van der Waals surface area contributed by atoms with E-state index in [9.17, 15) is 24.9 Å². The van der Waals surface area contributed by atoms with Crippen LogP contribution >= 0.6 is 0 Å². The van der Waals surface area contributed by atoms with E-state index in [1.165, 1.54) is 14.0 Å². The molecule has 5 atom stereocenters. The van der Waals surface area contributed by atoms with Crippen LogP contribution in [0.3, 0.4) is 0 Å². The van der Waals surface area contributed by atoms with Crippen molar-refractivity contribution in [2.45, 2.75) is 51.1 Å². The van der Waals surface area contributed by atoms with Crippen molar-refractivity contribution >= 4 is 11.8 Å². The van der Waals surface area contributed by atoms with Gasteiger partial charge in [0.25, 0.3) is 0 Å². The van der Waals surface area contributed by atoms with Crippen molar-refractivity contribution in [3.8, 4) is 0 Å². The molecule has 0 radical (unpaired) electrons. The van der Waals surface area contributed by atoms with E-state index < -0.39 is 36.2 Å². The normalized spacial score (nSPS) is 18.2. The quantitative estimate of drug-likeness (QED) is 0.284. The average Bonchev–Trinajstić information content (AvgIpc) is 2.47. The fraction of sp³-hybridized carbons (Fsp3) is 0.846. The third-order valence-corrected chi connectivity index (χ3v) is 3.29. The minimum Gasteiger partial charge on any atom is -0.391 e. The second-order valence-electron chi connectivity index (χ2n) is 5.02. The second-order valence-corrected chi connectivity index (χ2v) is 5.02. The molecular weight excluding hydrogens is 280 g/mol. The number of amides is 2. The molecule has 0 aliphatic heterocycles. The SMILES string of the molecule is CC[C@H](CC(=O)NC[C@H](O)[C@@H](O)[C@H](O)[C@@H](C)O)C(=O)NC. The van der Waals surface area contributed by atoms with Crippen LogP contribution in [0.2, 0.25) is 0 Å². The van der Waals surface area contributed by atoms with E-state index in [-0.39, 0.29) is 18.9 Å². The zero-order valence-corrected chi connectivity index (χ0v) is 12.6. The maximum absolute atomic E-state index is 11.7. The molecule has 0 saturated carbocycles. The van der Waals surface area contributed by atoms with Gasteiger partial charge in [0, 0.05) is 25.9 Å². The van der Waals surface area contributed by atoms with Gasteiger partial charge < -0.3 is 31.1 Å². The van der Waals surface area contributed by atoms with E-state index in [0.29, 0.717) is 6.42 Å². The highest BCUT2D eigenvalue weighted by Crippen LogP contribution is 2.08. The van der Waals surface area contributed by atoms with Gasteiger partial charge in [0.05, 0.1) is 12.2 Å². The van der Waals surface area contributed by atoms with Gasteiger partial charge in [-0.3, -0.25) is 9.59 Å². The van der Waals surface area contributed by atoms with Gasteiger partial charge in [-0.2, -0.15) is 0 Å². The molecule has 0 aromatic rings. The summed E-state index contributed by atoms with van der Waals surface area (Å²) in [5, 5.41) is 42.5. The van der Waals surface area contributed by atoms with Gasteiger partial charge >= 0.3 is 0 Å². The van der Waals surface area contributed by atoms with Gasteiger partial charge in [-0.1, -0.05) is 6.92 Å². The molecule has 6 N–H and O–H groups in total. The number of carbonyl (C=O) groups excluding carboxylic acids is 2. The number of hydrogen-bond acceptors (Lipinski definition) is 6. The molecule has 0 bridgehead atoms. The highest BCUT2D eigenvalue weighted by molar-refractivity contribution is 5.85. The summed E-state index contributed by atoms with van der Waals surface area (Å²) in [7, 11) is 1.49. The van der Waals surface area contributed by atoms with E-state index in [1.807, 2.05) is 0 Å². The van der Waals surface area contributed by atoms with Crippen LogP contribution in [-0.4, -0.2) is 70.2 Å². The summed E-state index contributed by atoms with van der Waals surface area (Å²) in [5.41, 5.74) is 0. The molecule has 0 unspecified atom stereocenters. The molecule has 0 saturated heterocycles. The number of carbonyl (C=O) groups is 2. The van der Waals surface area contributed by atoms with Gasteiger partial charge in [-0.25, -0.2) is 0 Å². The summed E-state index contributed by atoms with van der Waals surface area (Å²) in [6.45, 7) is 2.77. The van der Waals surface area contributed by atoms with E-state index in [4.69, 9.17) is 5.11 Å². The molecule has 8 nitrogen and oxygen atoms in total. The first-order valence-electron chi connectivity index (χ1n) is 6.95. The zero-order valence-electron chi connectivity index (χ0n) is 12.6. The van der Waals surface area contributed by atoms with E-state index in [0.717, 1.165) is 0 Å². The second kappa shape index (κ2) is 9.67. The lowest BCUT2D eigenvalue weighted by Crippen LogP contribution is -2.48. The van der Waals surface area contributed by atoms with E-state index in [2.05, 4.69) is 10.6 Å². The first-order valence-corrected chi connectivity index (χ1v) is 6.95. The third-order valence-electron chi connectivity index (χ3n) is 3.29. The molecule has 0 spiro atoms. The van der Waals surface area contributed by atoms with Crippen LogP contribution in [0.1, 0.15) is 26.7 Å². The van der Waals surface area contributed by atoms with Crippen LogP contribution in [0, 0.1) is 5.92 Å². The number of hydrogen-bond donors (Lipinski definition) is 6. The van der Waals surface area contributed by atoms with Gasteiger partial charge in [0.15, 0.2) is 0 Å². The minimum absolute atomic E-state index is 0.0298. The lowest BCUT2D eigenvalue weighted by Gasteiger charge is -2.25. The fourth-order valence-corrected chi connectivity index (χ4v) is 1.77. The standard InChI is InChI=1S/C13H26N2O6/c1-4-8(13(21)14-3)5-10(18)15-6-9(17)12(20)11(19)7(2)16/h7-9,11-12,16-17,19-20H,4-6H2,1-3H3,(H,14,21)(H,15,18)/t7-,8-,9+,11-,12-/m1/s1. The average molecular weight is 306 g/mol. The predicted molar refractivity (Wildman–Crippen MR) is 75.2 cm³/mol. The highest BCUT2D eigenvalue weighted by atomic mass is 16.4. The molecule has 0 aliphatic rings. The maximum Gasteiger partial charge on any atom is 0.223 e. The summed E-state index contributed by atoms with van der Waals surface area (Å²) in [4.78, 5) is 23.1. The lowest BCUT2D eigenvalue weighted by atomic mass is 10.0. The molecule has 0 rings (SSSR count). The Balaban J connectivity index is 4.26. The summed E-state index contributed by atoms with van der Waals surface area (Å²) in [6.07, 6.45) is -5.24. The Bertz CT molecular complexity index is 337. The Labute approximate surface area is 124 Å². The van der Waals surface area contributed by atoms with Gasteiger partial charge in [-0.05, 0) is 13.3 Å². The molecule has 0 aliphatic carbocycles. The van der Waals surface area contributed by atoms with Crippen molar-refractivity contribution in [3.05, 3.63) is 0 Å². The molecule has 124 valence electrons. The van der Waals surface area contributed by atoms with Crippen molar-refractivity contribution < 1.29 is 30.0 Å². The predicted octanol–water partition coefficient (Wildman–Crippen LogP) is -2.27. The Morgan fingerprint density at radius 1 is 1.10 bits per heavy atom.